The van der Waals surface area contributed by atoms with Crippen LogP contribution in [0, 0.1) is 5.92 Å². The van der Waals surface area contributed by atoms with Crippen molar-refractivity contribution in [2.24, 2.45) is 5.92 Å². The van der Waals surface area contributed by atoms with Gasteiger partial charge in [-0.05, 0) is 30.3 Å². The van der Waals surface area contributed by atoms with Crippen LogP contribution in [-0.2, 0) is 22.6 Å². The summed E-state index contributed by atoms with van der Waals surface area (Å²) >= 11 is 6.20. The van der Waals surface area contributed by atoms with Crippen LogP contribution in [-0.4, -0.2) is 49.0 Å². The van der Waals surface area contributed by atoms with Crippen LogP contribution >= 0.6 is 11.6 Å². The van der Waals surface area contributed by atoms with Crippen molar-refractivity contribution < 1.29 is 19.1 Å². The summed E-state index contributed by atoms with van der Waals surface area (Å²) in [4.78, 5) is 33.2. The lowest BCUT2D eigenvalue weighted by molar-refractivity contribution is -0.136. The topological polar surface area (TPSA) is 74.9 Å². The Labute approximate surface area is 190 Å². The van der Waals surface area contributed by atoms with Crippen LogP contribution in [0.25, 0.3) is 10.9 Å². The molecule has 3 aromatic rings. The van der Waals surface area contributed by atoms with Gasteiger partial charge in [-0.15, -0.1) is 0 Å². The van der Waals surface area contributed by atoms with Gasteiger partial charge in [-0.25, -0.2) is 0 Å². The number of carbonyl (C=O) groups is 2. The molecule has 2 aliphatic heterocycles. The first-order chi connectivity index (χ1) is 15.5. The second-order valence-electron chi connectivity index (χ2n) is 8.22. The zero-order valence-electron chi connectivity index (χ0n) is 18.0. The number of amides is 2. The average Bonchev–Trinajstić information content (AvgIpc) is 3.37. The van der Waals surface area contributed by atoms with E-state index in [-0.39, 0.29) is 18.2 Å². The van der Waals surface area contributed by atoms with E-state index < -0.39 is 5.92 Å². The number of fused-ring (bicyclic) bond motifs is 3. The van der Waals surface area contributed by atoms with Crippen molar-refractivity contribution in [3.8, 4) is 11.5 Å². The Morgan fingerprint density at radius 2 is 2.00 bits per heavy atom. The summed E-state index contributed by atoms with van der Waals surface area (Å²) in [6, 6.07) is 11.1. The zero-order valence-corrected chi connectivity index (χ0v) is 18.7. The number of H-pyrrole nitrogens is 1. The molecule has 0 spiro atoms. The molecule has 1 fully saturated rings. The summed E-state index contributed by atoms with van der Waals surface area (Å²) in [5.74, 6) is 0.723. The van der Waals surface area contributed by atoms with Crippen molar-refractivity contribution in [1.29, 1.82) is 0 Å². The van der Waals surface area contributed by atoms with E-state index in [1.165, 1.54) is 0 Å². The van der Waals surface area contributed by atoms with Crippen LogP contribution in [0.2, 0.25) is 5.02 Å². The first-order valence-corrected chi connectivity index (χ1v) is 11.0. The largest absolute Gasteiger partial charge is 0.497 e. The summed E-state index contributed by atoms with van der Waals surface area (Å²) in [7, 11) is 3.14. The van der Waals surface area contributed by atoms with Crippen LogP contribution in [0.3, 0.4) is 0 Å². The lowest BCUT2D eigenvalue weighted by atomic mass is 10.0. The number of anilines is 1. The van der Waals surface area contributed by atoms with Gasteiger partial charge in [0.1, 0.15) is 11.5 Å². The van der Waals surface area contributed by atoms with Gasteiger partial charge in [-0.3, -0.25) is 9.59 Å². The second kappa shape index (κ2) is 8.06. The highest BCUT2D eigenvalue weighted by Crippen LogP contribution is 2.37. The lowest BCUT2D eigenvalue weighted by Gasteiger charge is -2.29. The molecule has 1 N–H and O–H groups in total. The highest BCUT2D eigenvalue weighted by atomic mass is 35.5. The Kier molecular flexibility index (Phi) is 5.21. The molecule has 2 amide bonds. The molecule has 1 saturated heterocycles. The second-order valence-corrected chi connectivity index (χ2v) is 8.66. The van der Waals surface area contributed by atoms with E-state index in [1.54, 1.807) is 37.3 Å². The van der Waals surface area contributed by atoms with Crippen LogP contribution in [0.4, 0.5) is 5.69 Å². The molecule has 166 valence electrons. The molecule has 0 saturated carbocycles. The average molecular weight is 454 g/mol. The van der Waals surface area contributed by atoms with Crippen molar-refractivity contribution in [3.63, 3.8) is 0 Å². The molecule has 5 rings (SSSR count). The highest BCUT2D eigenvalue weighted by molar-refractivity contribution is 6.31. The Morgan fingerprint density at radius 3 is 2.78 bits per heavy atom. The van der Waals surface area contributed by atoms with Gasteiger partial charge < -0.3 is 24.3 Å². The van der Waals surface area contributed by atoms with Crippen molar-refractivity contribution in [3.05, 3.63) is 52.7 Å². The number of aromatic nitrogens is 1. The number of rotatable bonds is 4. The molecule has 2 aromatic carbocycles. The quantitative estimate of drug-likeness (QED) is 0.652. The monoisotopic (exact) mass is 453 g/mol. The van der Waals surface area contributed by atoms with E-state index in [4.69, 9.17) is 21.1 Å². The molecule has 1 unspecified atom stereocenters. The summed E-state index contributed by atoms with van der Waals surface area (Å²) in [6.45, 7) is 1.46. The lowest BCUT2D eigenvalue weighted by Crippen LogP contribution is -2.40. The van der Waals surface area contributed by atoms with Crippen molar-refractivity contribution in [2.75, 3.05) is 32.2 Å². The Balaban J connectivity index is 1.37. The third-order valence-corrected chi connectivity index (χ3v) is 6.64. The molecule has 32 heavy (non-hydrogen) atoms. The number of ether oxygens (including phenoxy) is 2. The fraction of sp³-hybridized carbons (Fsp3) is 0.333. The molecule has 0 radical (unpaired) electrons. The Morgan fingerprint density at radius 1 is 1.16 bits per heavy atom. The zero-order chi connectivity index (χ0) is 22.4. The maximum Gasteiger partial charge on any atom is 0.228 e. The van der Waals surface area contributed by atoms with Crippen LogP contribution < -0.4 is 14.4 Å². The smallest absolute Gasteiger partial charge is 0.228 e. The van der Waals surface area contributed by atoms with Gasteiger partial charge in [0.2, 0.25) is 11.8 Å². The molecule has 0 aliphatic carbocycles. The molecular weight excluding hydrogens is 430 g/mol. The predicted octanol–water partition coefficient (Wildman–Crippen LogP) is 3.78. The van der Waals surface area contributed by atoms with Gasteiger partial charge in [0.05, 0.1) is 25.8 Å². The van der Waals surface area contributed by atoms with E-state index in [9.17, 15) is 9.59 Å². The first-order valence-electron chi connectivity index (χ1n) is 10.6. The van der Waals surface area contributed by atoms with Crippen LogP contribution in [0.15, 0.2) is 36.4 Å². The predicted molar refractivity (Wildman–Crippen MR) is 122 cm³/mol. The summed E-state index contributed by atoms with van der Waals surface area (Å²) < 4.78 is 10.7. The van der Waals surface area contributed by atoms with Gasteiger partial charge in [0.15, 0.2) is 0 Å². The molecule has 1 atom stereocenters. The number of hydrogen-bond donors (Lipinski definition) is 1. The highest BCUT2D eigenvalue weighted by Gasteiger charge is 2.39. The van der Waals surface area contributed by atoms with Gasteiger partial charge in [-0.1, -0.05) is 11.6 Å². The number of benzene rings is 2. The first kappa shape index (κ1) is 20.7. The van der Waals surface area contributed by atoms with E-state index in [0.29, 0.717) is 41.8 Å². The van der Waals surface area contributed by atoms with E-state index >= 15 is 0 Å². The van der Waals surface area contributed by atoms with E-state index in [0.717, 1.165) is 28.6 Å². The number of halogens is 1. The summed E-state index contributed by atoms with van der Waals surface area (Å²) in [5.41, 5.74) is 3.91. The van der Waals surface area contributed by atoms with E-state index in [2.05, 4.69) is 4.98 Å². The van der Waals surface area contributed by atoms with Crippen molar-refractivity contribution >= 4 is 40.0 Å². The number of nitrogens with zero attached hydrogens (tertiary/aromatic N) is 2. The van der Waals surface area contributed by atoms with Gasteiger partial charge >= 0.3 is 0 Å². The minimum absolute atomic E-state index is 0.00439. The summed E-state index contributed by atoms with van der Waals surface area (Å²) in [6.07, 6.45) is 0.934. The SMILES string of the molecule is COc1ccc(OC)c(N2CC(C(=O)N3CCc4[nH]c5ccc(Cl)cc5c4C3)CC2=O)c1. The fourth-order valence-corrected chi connectivity index (χ4v) is 4.92. The van der Waals surface area contributed by atoms with E-state index in [1.807, 2.05) is 23.1 Å². The molecule has 1 aromatic heterocycles. The van der Waals surface area contributed by atoms with Gasteiger partial charge in [-0.2, -0.15) is 0 Å². The molecule has 8 heteroatoms. The van der Waals surface area contributed by atoms with Crippen LogP contribution in [0.1, 0.15) is 17.7 Å². The minimum atomic E-state index is -0.395. The number of nitrogens with one attached hydrogen (secondary N) is 1. The van der Waals surface area contributed by atoms with Crippen molar-refractivity contribution in [1.82, 2.24) is 9.88 Å². The van der Waals surface area contributed by atoms with Gasteiger partial charge in [0, 0.05) is 65.7 Å². The van der Waals surface area contributed by atoms with Crippen LogP contribution in [0.5, 0.6) is 11.5 Å². The van der Waals surface area contributed by atoms with Crippen molar-refractivity contribution in [2.45, 2.75) is 19.4 Å². The number of methoxy groups -OCH3 is 2. The molecule has 7 nitrogen and oxygen atoms in total. The number of hydrogen-bond acceptors (Lipinski definition) is 4. The molecule has 3 heterocycles. The normalized spacial score (nSPS) is 18.2. The Bertz CT molecular complexity index is 1220. The fourth-order valence-electron chi connectivity index (χ4n) is 4.75. The molecule has 2 aliphatic rings. The maximum atomic E-state index is 13.4. The molecule has 0 bridgehead atoms. The minimum Gasteiger partial charge on any atom is -0.497 e. The number of carbonyl (C=O) groups excluding carboxylic acids is 2. The maximum absolute atomic E-state index is 13.4. The Hall–Kier alpha value is -3.19. The standard InChI is InChI=1S/C24H24ClN3O4/c1-31-16-4-6-22(32-2)21(11-16)28-12-14(9-23(28)29)24(30)27-8-7-20-18(13-27)17-10-15(25)3-5-19(17)26-20/h3-6,10-11,14,26H,7-9,12-13H2,1-2H3. The van der Waals surface area contributed by atoms with Gasteiger partial charge in [0.25, 0.3) is 0 Å². The summed E-state index contributed by atoms with van der Waals surface area (Å²) in [5, 5.41) is 1.72. The third-order valence-electron chi connectivity index (χ3n) is 6.40. The molecular formula is C24H24ClN3O4. The number of aromatic amines is 1. The third kappa shape index (κ3) is 3.46.